The Morgan fingerprint density at radius 1 is 1.00 bits per heavy atom. The Morgan fingerprint density at radius 2 is 1.73 bits per heavy atom. The SMILES string of the molecule is COc1cc2ccccc2cc1C(=O)N/N=C\c1cc(Cl)c(OCc2cccc([N+](=O)[O-])c2)c(OC)c1. The zero-order chi connectivity index (χ0) is 26.4. The Labute approximate surface area is 217 Å². The van der Waals surface area contributed by atoms with E-state index in [1.165, 1.54) is 32.6 Å². The van der Waals surface area contributed by atoms with E-state index in [0.717, 1.165) is 10.8 Å². The van der Waals surface area contributed by atoms with Crippen LogP contribution in [0, 0.1) is 10.1 Å². The maximum absolute atomic E-state index is 12.8. The third-order valence-corrected chi connectivity index (χ3v) is 5.73. The fourth-order valence-electron chi connectivity index (χ4n) is 3.66. The van der Waals surface area contributed by atoms with Crippen LogP contribution in [0.3, 0.4) is 0 Å². The van der Waals surface area contributed by atoms with Gasteiger partial charge in [0.1, 0.15) is 12.4 Å². The number of halogens is 1. The van der Waals surface area contributed by atoms with Crippen LogP contribution >= 0.6 is 11.6 Å². The first-order valence-electron chi connectivity index (χ1n) is 11.0. The van der Waals surface area contributed by atoms with Crippen molar-refractivity contribution in [3.8, 4) is 17.2 Å². The van der Waals surface area contributed by atoms with Gasteiger partial charge >= 0.3 is 0 Å². The first-order chi connectivity index (χ1) is 17.9. The summed E-state index contributed by atoms with van der Waals surface area (Å²) in [5.74, 6) is 0.606. The van der Waals surface area contributed by atoms with E-state index >= 15 is 0 Å². The number of non-ortho nitro benzene ring substituents is 1. The van der Waals surface area contributed by atoms with E-state index in [1.807, 2.05) is 24.3 Å². The molecular weight excluding hydrogens is 498 g/mol. The first-order valence-corrected chi connectivity index (χ1v) is 11.4. The number of benzene rings is 4. The smallest absolute Gasteiger partial charge is 0.275 e. The summed E-state index contributed by atoms with van der Waals surface area (Å²) in [6.07, 6.45) is 1.42. The van der Waals surface area contributed by atoms with Crippen LogP contribution in [0.4, 0.5) is 5.69 Å². The highest BCUT2D eigenvalue weighted by Gasteiger charge is 2.15. The number of amides is 1. The molecule has 9 nitrogen and oxygen atoms in total. The Bertz CT molecular complexity index is 1510. The number of nitrogens with one attached hydrogen (secondary N) is 1. The van der Waals surface area contributed by atoms with Crippen molar-refractivity contribution >= 4 is 40.2 Å². The van der Waals surface area contributed by atoms with Crippen molar-refractivity contribution in [1.29, 1.82) is 0 Å². The number of fused-ring (bicyclic) bond motifs is 1. The second-order valence-electron chi connectivity index (χ2n) is 7.85. The summed E-state index contributed by atoms with van der Waals surface area (Å²) >= 11 is 6.41. The fourth-order valence-corrected chi connectivity index (χ4v) is 3.93. The molecule has 37 heavy (non-hydrogen) atoms. The monoisotopic (exact) mass is 519 g/mol. The number of nitrogens with zero attached hydrogens (tertiary/aromatic N) is 2. The minimum Gasteiger partial charge on any atom is -0.496 e. The molecule has 0 aliphatic carbocycles. The molecule has 1 N–H and O–H groups in total. The van der Waals surface area contributed by atoms with Crippen LogP contribution in [-0.4, -0.2) is 31.3 Å². The summed E-state index contributed by atoms with van der Waals surface area (Å²) < 4.78 is 16.6. The first kappa shape index (κ1) is 25.5. The van der Waals surface area contributed by atoms with Crippen molar-refractivity contribution in [3.63, 3.8) is 0 Å². The number of hydrogen-bond donors (Lipinski definition) is 1. The van der Waals surface area contributed by atoms with Gasteiger partial charge in [0.15, 0.2) is 11.5 Å². The zero-order valence-corrected chi connectivity index (χ0v) is 20.7. The van der Waals surface area contributed by atoms with Gasteiger partial charge in [-0.25, -0.2) is 5.43 Å². The lowest BCUT2D eigenvalue weighted by Crippen LogP contribution is -2.18. The molecule has 1 amide bonds. The van der Waals surface area contributed by atoms with Crippen LogP contribution in [0.1, 0.15) is 21.5 Å². The summed E-state index contributed by atoms with van der Waals surface area (Å²) in [7, 11) is 2.96. The number of carbonyl (C=O) groups is 1. The van der Waals surface area contributed by atoms with Crippen molar-refractivity contribution < 1.29 is 23.9 Å². The largest absolute Gasteiger partial charge is 0.496 e. The summed E-state index contributed by atoms with van der Waals surface area (Å²) in [5.41, 5.74) is 3.97. The average molecular weight is 520 g/mol. The molecule has 0 aliphatic heterocycles. The van der Waals surface area contributed by atoms with Gasteiger partial charge in [-0.05, 0) is 46.2 Å². The molecule has 0 radical (unpaired) electrons. The Balaban J connectivity index is 1.48. The molecule has 4 aromatic rings. The quantitative estimate of drug-likeness (QED) is 0.171. The molecule has 0 saturated carbocycles. The van der Waals surface area contributed by atoms with Crippen LogP contribution < -0.4 is 19.6 Å². The molecule has 0 atom stereocenters. The molecule has 0 aliphatic rings. The van der Waals surface area contributed by atoms with Crippen molar-refractivity contribution in [3.05, 3.63) is 105 Å². The summed E-state index contributed by atoms with van der Waals surface area (Å²) in [5, 5.41) is 17.1. The number of hydrazone groups is 1. The average Bonchev–Trinajstić information content (AvgIpc) is 2.91. The lowest BCUT2D eigenvalue weighted by Gasteiger charge is -2.13. The zero-order valence-electron chi connectivity index (χ0n) is 19.9. The van der Waals surface area contributed by atoms with Crippen molar-refractivity contribution in [2.75, 3.05) is 14.2 Å². The van der Waals surface area contributed by atoms with Crippen LogP contribution in [0.25, 0.3) is 10.8 Å². The van der Waals surface area contributed by atoms with Crippen molar-refractivity contribution in [2.24, 2.45) is 5.10 Å². The van der Waals surface area contributed by atoms with E-state index in [1.54, 1.807) is 36.4 Å². The number of nitro groups is 1. The second kappa shape index (κ2) is 11.4. The van der Waals surface area contributed by atoms with Gasteiger partial charge in [-0.1, -0.05) is 48.0 Å². The lowest BCUT2D eigenvalue weighted by molar-refractivity contribution is -0.384. The lowest BCUT2D eigenvalue weighted by atomic mass is 10.1. The molecule has 10 heteroatoms. The van der Waals surface area contributed by atoms with E-state index in [9.17, 15) is 14.9 Å². The summed E-state index contributed by atoms with van der Waals surface area (Å²) in [6.45, 7) is 0.0504. The molecule has 4 aromatic carbocycles. The highest BCUT2D eigenvalue weighted by Crippen LogP contribution is 2.36. The molecule has 0 bridgehead atoms. The third-order valence-electron chi connectivity index (χ3n) is 5.45. The number of rotatable bonds is 9. The summed E-state index contributed by atoms with van der Waals surface area (Å²) in [6, 6.07) is 20.5. The normalized spacial score (nSPS) is 10.9. The van der Waals surface area contributed by atoms with Gasteiger partial charge in [-0.3, -0.25) is 14.9 Å². The van der Waals surface area contributed by atoms with Crippen molar-refractivity contribution in [1.82, 2.24) is 5.43 Å². The van der Waals surface area contributed by atoms with Gasteiger partial charge in [0.05, 0.1) is 35.9 Å². The van der Waals surface area contributed by atoms with E-state index in [4.69, 9.17) is 25.8 Å². The number of nitro benzene ring substituents is 1. The Morgan fingerprint density at radius 3 is 2.43 bits per heavy atom. The van der Waals surface area contributed by atoms with Gasteiger partial charge in [-0.15, -0.1) is 0 Å². The molecule has 0 aromatic heterocycles. The van der Waals surface area contributed by atoms with Gasteiger partial charge in [0.2, 0.25) is 0 Å². The van der Waals surface area contributed by atoms with E-state index < -0.39 is 10.8 Å². The Kier molecular flexibility index (Phi) is 7.85. The second-order valence-corrected chi connectivity index (χ2v) is 8.26. The number of hydrogen-bond acceptors (Lipinski definition) is 7. The molecule has 0 fully saturated rings. The number of ether oxygens (including phenoxy) is 3. The van der Waals surface area contributed by atoms with E-state index in [2.05, 4.69) is 10.5 Å². The molecule has 4 rings (SSSR count). The molecule has 0 spiro atoms. The van der Waals surface area contributed by atoms with E-state index in [-0.39, 0.29) is 23.1 Å². The predicted octanol–water partition coefficient (Wildman–Crippen LogP) is 5.76. The van der Waals surface area contributed by atoms with Gasteiger partial charge < -0.3 is 14.2 Å². The minimum absolute atomic E-state index is 0.0333. The molecule has 0 heterocycles. The number of methoxy groups -OCH3 is 2. The molecular formula is C27H22ClN3O6. The van der Waals surface area contributed by atoms with Crippen molar-refractivity contribution in [2.45, 2.75) is 6.61 Å². The maximum Gasteiger partial charge on any atom is 0.275 e. The van der Waals surface area contributed by atoms with Crippen LogP contribution in [0.5, 0.6) is 17.2 Å². The number of carbonyl (C=O) groups excluding carboxylic acids is 1. The molecule has 0 unspecified atom stereocenters. The standard InChI is InChI=1S/C27H22ClN3O6/c1-35-24-14-20-8-4-3-7-19(20)13-22(24)27(32)30-29-15-18-11-23(28)26(25(12-18)36-2)37-16-17-6-5-9-21(10-17)31(33)34/h3-15H,16H2,1-2H3,(H,30,32)/b29-15-. The van der Waals surface area contributed by atoms with Crippen LogP contribution in [0.15, 0.2) is 77.9 Å². The third kappa shape index (κ3) is 5.96. The fraction of sp³-hybridized carbons (Fsp3) is 0.111. The topological polar surface area (TPSA) is 112 Å². The van der Waals surface area contributed by atoms with Crippen LogP contribution in [-0.2, 0) is 6.61 Å². The van der Waals surface area contributed by atoms with Crippen LogP contribution in [0.2, 0.25) is 5.02 Å². The van der Waals surface area contributed by atoms with Gasteiger partial charge in [0, 0.05) is 12.1 Å². The minimum atomic E-state index is -0.472. The van der Waals surface area contributed by atoms with Gasteiger partial charge in [0.25, 0.3) is 11.6 Å². The molecule has 0 saturated heterocycles. The van der Waals surface area contributed by atoms with Gasteiger partial charge in [-0.2, -0.15) is 5.10 Å². The maximum atomic E-state index is 12.8. The summed E-state index contributed by atoms with van der Waals surface area (Å²) in [4.78, 5) is 23.3. The highest BCUT2D eigenvalue weighted by molar-refractivity contribution is 6.32. The molecule has 188 valence electrons. The Hall–Kier alpha value is -4.63. The highest BCUT2D eigenvalue weighted by atomic mass is 35.5. The van der Waals surface area contributed by atoms with E-state index in [0.29, 0.717) is 28.2 Å². The predicted molar refractivity (Wildman–Crippen MR) is 141 cm³/mol.